The molecule has 1 aromatic heterocycles. The zero-order valence-electron chi connectivity index (χ0n) is 10.8. The molecule has 1 heterocycles. The molecule has 3 aromatic rings. The van der Waals surface area contributed by atoms with Crippen molar-refractivity contribution < 1.29 is 9.31 Å². The molecule has 0 fully saturated rings. The minimum Gasteiger partial charge on any atom is -0.343 e. The molecule has 0 saturated heterocycles. The molecule has 0 unspecified atom stereocenters. The number of nitrogens with zero attached hydrogens (tertiary/aromatic N) is 2. The molecule has 3 rings (SSSR count). The van der Waals surface area contributed by atoms with Crippen LogP contribution in [-0.4, -0.2) is 9.49 Å². The summed E-state index contributed by atoms with van der Waals surface area (Å²) in [5.41, 5.74) is 1.19. The number of halogens is 2. The molecule has 0 aliphatic rings. The minimum absolute atomic E-state index is 0.453. The van der Waals surface area contributed by atoms with Crippen molar-refractivity contribution in [1.82, 2.24) is 4.57 Å². The number of hydrogen-bond donors (Lipinski definition) is 0. The maximum absolute atomic E-state index is 13.6. The number of rotatable bonds is 3. The number of benzene rings is 2. The van der Waals surface area contributed by atoms with Gasteiger partial charge in [-0.05, 0) is 29.8 Å². The molecule has 106 valence electrons. The summed E-state index contributed by atoms with van der Waals surface area (Å²) < 4.78 is 16.6. The summed E-state index contributed by atoms with van der Waals surface area (Å²) in [7, 11) is 0. The first-order valence-electron chi connectivity index (χ1n) is 6.22. The van der Waals surface area contributed by atoms with E-state index in [1.807, 2.05) is 35.0 Å². The number of hydrogen-bond acceptors (Lipinski definition) is 2. The lowest BCUT2D eigenvalue weighted by molar-refractivity contribution is -0.387. The van der Waals surface area contributed by atoms with E-state index in [2.05, 4.69) is 15.9 Å². The molecule has 0 aliphatic heterocycles. The van der Waals surface area contributed by atoms with Crippen LogP contribution >= 0.6 is 15.9 Å². The van der Waals surface area contributed by atoms with Crippen LogP contribution in [0.5, 0.6) is 0 Å². The normalized spacial score (nSPS) is 11.0. The third kappa shape index (κ3) is 2.54. The Labute approximate surface area is 128 Å². The summed E-state index contributed by atoms with van der Waals surface area (Å²) in [4.78, 5) is 9.90. The molecular formula is C15H10BrFN2O2. The molecule has 21 heavy (non-hydrogen) atoms. The van der Waals surface area contributed by atoms with Crippen LogP contribution in [0.3, 0.4) is 0 Å². The van der Waals surface area contributed by atoms with E-state index in [0.29, 0.717) is 12.1 Å². The highest BCUT2D eigenvalue weighted by molar-refractivity contribution is 9.10. The smallest absolute Gasteiger partial charge is 0.304 e. The third-order valence-corrected chi connectivity index (χ3v) is 4.01. The maximum atomic E-state index is 13.6. The van der Waals surface area contributed by atoms with Gasteiger partial charge >= 0.3 is 5.69 Å². The Hall–Kier alpha value is -2.21. The molecule has 0 N–H and O–H groups in total. The van der Waals surface area contributed by atoms with Gasteiger partial charge in [-0.25, -0.2) is 0 Å². The van der Waals surface area contributed by atoms with E-state index in [1.165, 1.54) is 12.1 Å². The molecule has 2 aromatic carbocycles. The molecule has 0 bridgehead atoms. The van der Waals surface area contributed by atoms with Gasteiger partial charge in [0.25, 0.3) is 0 Å². The largest absolute Gasteiger partial charge is 0.343 e. The van der Waals surface area contributed by atoms with Gasteiger partial charge in [-0.3, -0.25) is 10.1 Å². The molecule has 0 spiro atoms. The van der Waals surface area contributed by atoms with Crippen molar-refractivity contribution in [2.24, 2.45) is 0 Å². The fraction of sp³-hybridized carbons (Fsp3) is 0.0667. The van der Waals surface area contributed by atoms with Crippen molar-refractivity contribution in [3.05, 3.63) is 74.6 Å². The van der Waals surface area contributed by atoms with Gasteiger partial charge in [-0.15, -0.1) is 0 Å². The Bertz CT molecular complexity index is 845. The monoisotopic (exact) mass is 348 g/mol. The van der Waals surface area contributed by atoms with Gasteiger partial charge < -0.3 is 4.57 Å². The van der Waals surface area contributed by atoms with Gasteiger partial charge in [0.15, 0.2) is 0 Å². The van der Waals surface area contributed by atoms with Crippen molar-refractivity contribution in [3.63, 3.8) is 0 Å². The second-order valence-electron chi connectivity index (χ2n) is 4.66. The first kappa shape index (κ1) is 13.8. The number of nitro groups is 1. The number of fused-ring (bicyclic) bond motifs is 1. The number of aromatic nitrogens is 1. The predicted molar refractivity (Wildman–Crippen MR) is 81.8 cm³/mol. The molecule has 0 atom stereocenters. The van der Waals surface area contributed by atoms with Gasteiger partial charge in [0.05, 0.1) is 4.92 Å². The lowest BCUT2D eigenvalue weighted by Crippen LogP contribution is -2.00. The van der Waals surface area contributed by atoms with E-state index < -0.39 is 16.4 Å². The first-order chi connectivity index (χ1) is 10.1. The van der Waals surface area contributed by atoms with Crippen LogP contribution in [0, 0.1) is 15.9 Å². The Morgan fingerprint density at radius 1 is 1.24 bits per heavy atom. The maximum Gasteiger partial charge on any atom is 0.304 e. The van der Waals surface area contributed by atoms with Crippen molar-refractivity contribution in [2.45, 2.75) is 6.54 Å². The summed E-state index contributed by atoms with van der Waals surface area (Å²) in [5, 5.41) is 11.7. The summed E-state index contributed by atoms with van der Waals surface area (Å²) in [6.45, 7) is 0.453. The van der Waals surface area contributed by atoms with Crippen molar-refractivity contribution in [2.75, 3.05) is 0 Å². The average Bonchev–Trinajstić information content (AvgIpc) is 2.83. The zero-order valence-corrected chi connectivity index (χ0v) is 12.4. The second-order valence-corrected chi connectivity index (χ2v) is 5.51. The van der Waals surface area contributed by atoms with Crippen molar-refractivity contribution >= 4 is 32.5 Å². The Balaban J connectivity index is 1.97. The van der Waals surface area contributed by atoms with Crippen molar-refractivity contribution in [3.8, 4) is 0 Å². The van der Waals surface area contributed by atoms with Crippen LogP contribution in [0.25, 0.3) is 10.9 Å². The van der Waals surface area contributed by atoms with E-state index >= 15 is 0 Å². The Kier molecular flexibility index (Phi) is 3.47. The molecule has 0 amide bonds. The third-order valence-electron chi connectivity index (χ3n) is 3.32. The molecule has 0 radical (unpaired) electrons. The van der Waals surface area contributed by atoms with E-state index in [0.717, 1.165) is 15.4 Å². The highest BCUT2D eigenvalue weighted by atomic mass is 79.9. The molecule has 4 nitrogen and oxygen atoms in total. The minimum atomic E-state index is -0.810. The standard InChI is InChI=1S/C15H10BrFN2O2/c16-12-2-1-3-14-11(12)6-7-18(14)9-10-4-5-15(19(20)21)13(17)8-10/h1-8H,9H2. The number of nitro benzene ring substituents is 1. The van der Waals surface area contributed by atoms with E-state index in [-0.39, 0.29) is 0 Å². The second kappa shape index (κ2) is 5.29. The quantitative estimate of drug-likeness (QED) is 0.516. The Morgan fingerprint density at radius 2 is 2.05 bits per heavy atom. The topological polar surface area (TPSA) is 48.1 Å². The highest BCUT2D eigenvalue weighted by Gasteiger charge is 2.14. The summed E-state index contributed by atoms with van der Waals surface area (Å²) in [6.07, 6.45) is 1.91. The van der Waals surface area contributed by atoms with Gasteiger partial charge in [-0.2, -0.15) is 4.39 Å². The Morgan fingerprint density at radius 3 is 2.76 bits per heavy atom. The van der Waals surface area contributed by atoms with E-state index in [4.69, 9.17) is 0 Å². The van der Waals surface area contributed by atoms with Crippen LogP contribution in [-0.2, 0) is 6.54 Å². The molecule has 0 saturated carbocycles. The summed E-state index contributed by atoms with van der Waals surface area (Å²) in [6, 6.07) is 11.8. The van der Waals surface area contributed by atoms with Crippen LogP contribution in [0.15, 0.2) is 53.1 Å². The molecular weight excluding hydrogens is 339 g/mol. The van der Waals surface area contributed by atoms with Gasteiger partial charge in [0.1, 0.15) is 0 Å². The van der Waals surface area contributed by atoms with E-state index in [1.54, 1.807) is 6.07 Å². The fourth-order valence-electron chi connectivity index (χ4n) is 2.32. The van der Waals surface area contributed by atoms with Crippen LogP contribution in [0.2, 0.25) is 0 Å². The van der Waals surface area contributed by atoms with Crippen molar-refractivity contribution in [1.29, 1.82) is 0 Å². The predicted octanol–water partition coefficient (Wildman–Crippen LogP) is 4.50. The van der Waals surface area contributed by atoms with Gasteiger partial charge in [0.2, 0.25) is 5.82 Å². The molecule has 0 aliphatic carbocycles. The zero-order chi connectivity index (χ0) is 15.0. The van der Waals surface area contributed by atoms with Gasteiger partial charge in [0, 0.05) is 34.2 Å². The average molecular weight is 349 g/mol. The van der Waals surface area contributed by atoms with Crippen LogP contribution in [0.4, 0.5) is 10.1 Å². The lowest BCUT2D eigenvalue weighted by atomic mass is 10.2. The van der Waals surface area contributed by atoms with Crippen LogP contribution < -0.4 is 0 Å². The van der Waals surface area contributed by atoms with Gasteiger partial charge in [-0.1, -0.05) is 28.1 Å². The lowest BCUT2D eigenvalue weighted by Gasteiger charge is -2.06. The highest BCUT2D eigenvalue weighted by Crippen LogP contribution is 2.26. The van der Waals surface area contributed by atoms with E-state index in [9.17, 15) is 14.5 Å². The first-order valence-corrected chi connectivity index (χ1v) is 7.02. The molecule has 6 heteroatoms. The summed E-state index contributed by atoms with van der Waals surface area (Å²) >= 11 is 3.48. The summed E-state index contributed by atoms with van der Waals surface area (Å²) in [5.74, 6) is -0.810. The van der Waals surface area contributed by atoms with Crippen LogP contribution in [0.1, 0.15) is 5.56 Å². The fourth-order valence-corrected chi connectivity index (χ4v) is 2.81. The SMILES string of the molecule is O=[N+]([O-])c1ccc(Cn2ccc3c(Br)cccc32)cc1F.